The molecule has 0 fully saturated rings. The van der Waals surface area contributed by atoms with Gasteiger partial charge in [0.1, 0.15) is 42.4 Å². The Bertz CT molecular complexity index is 911. The van der Waals surface area contributed by atoms with Crippen LogP contribution in [0.2, 0.25) is 0 Å². The summed E-state index contributed by atoms with van der Waals surface area (Å²) in [4.78, 5) is 6.31. The van der Waals surface area contributed by atoms with Gasteiger partial charge in [0.2, 0.25) is 0 Å². The van der Waals surface area contributed by atoms with Crippen molar-refractivity contribution in [3.63, 3.8) is 0 Å². The fraction of sp³-hybridized carbons (Fsp3) is 0.348. The van der Waals surface area contributed by atoms with Crippen molar-refractivity contribution in [2.75, 3.05) is 27.3 Å². The molecule has 160 valence electrons. The maximum Gasteiger partial charge on any atom is 0.146 e. The first-order valence-electron chi connectivity index (χ1n) is 9.85. The normalized spacial score (nSPS) is 12.0. The average Bonchev–Trinajstić information content (AvgIpc) is 3.16. The van der Waals surface area contributed by atoms with E-state index < -0.39 is 6.10 Å². The van der Waals surface area contributed by atoms with Crippen molar-refractivity contribution in [1.29, 1.82) is 0 Å². The first kappa shape index (κ1) is 21.7. The predicted octanol–water partition coefficient (Wildman–Crippen LogP) is 2.88. The van der Waals surface area contributed by atoms with E-state index in [0.29, 0.717) is 18.9 Å². The molecule has 7 nitrogen and oxygen atoms in total. The largest absolute Gasteiger partial charge is 0.497 e. The highest BCUT2D eigenvalue weighted by Gasteiger charge is 2.10. The minimum Gasteiger partial charge on any atom is -0.497 e. The Hall–Kier alpha value is -3.03. The molecule has 0 saturated heterocycles. The average molecular weight is 412 g/mol. The molecule has 7 heteroatoms. The molecule has 1 heterocycles. The number of aromatic nitrogens is 2. The molecule has 3 rings (SSSR count). The van der Waals surface area contributed by atoms with Crippen molar-refractivity contribution >= 4 is 0 Å². The number of methoxy groups -OCH3 is 1. The molecule has 1 N–H and O–H groups in total. The van der Waals surface area contributed by atoms with Crippen LogP contribution in [0.3, 0.4) is 0 Å². The summed E-state index contributed by atoms with van der Waals surface area (Å²) in [6.07, 6.45) is 3.06. The lowest BCUT2D eigenvalue weighted by Crippen LogP contribution is -2.32. The minimum absolute atomic E-state index is 0.220. The van der Waals surface area contributed by atoms with Gasteiger partial charge in [-0.2, -0.15) is 0 Å². The summed E-state index contributed by atoms with van der Waals surface area (Å²) in [5.41, 5.74) is 1.14. The zero-order valence-corrected chi connectivity index (χ0v) is 17.7. The summed E-state index contributed by atoms with van der Waals surface area (Å²) in [6, 6.07) is 15.3. The summed E-state index contributed by atoms with van der Waals surface area (Å²) >= 11 is 0. The van der Waals surface area contributed by atoms with Crippen molar-refractivity contribution in [3.8, 4) is 17.2 Å². The van der Waals surface area contributed by atoms with Gasteiger partial charge in [-0.25, -0.2) is 4.98 Å². The second-order valence-electron chi connectivity index (χ2n) is 7.23. The van der Waals surface area contributed by atoms with Crippen LogP contribution in [0.5, 0.6) is 17.2 Å². The first-order valence-corrected chi connectivity index (χ1v) is 9.85. The van der Waals surface area contributed by atoms with Crippen LogP contribution >= 0.6 is 0 Å². The van der Waals surface area contributed by atoms with E-state index in [4.69, 9.17) is 14.2 Å². The van der Waals surface area contributed by atoms with Crippen LogP contribution in [0.4, 0.5) is 0 Å². The van der Waals surface area contributed by atoms with Crippen LogP contribution in [0.15, 0.2) is 60.9 Å². The number of ether oxygens (including phenoxy) is 3. The van der Waals surface area contributed by atoms with E-state index in [9.17, 15) is 5.11 Å². The van der Waals surface area contributed by atoms with E-state index in [1.54, 1.807) is 19.4 Å². The van der Waals surface area contributed by atoms with Crippen LogP contribution in [0, 0.1) is 0 Å². The van der Waals surface area contributed by atoms with E-state index >= 15 is 0 Å². The molecular weight excluding hydrogens is 382 g/mol. The number of aliphatic hydroxyl groups is 1. The molecule has 0 radical (unpaired) electrons. The fourth-order valence-electron chi connectivity index (χ4n) is 3.05. The maximum atomic E-state index is 10.3. The SMILES string of the molecule is COc1cccc(OC[C@H](O)CN(C)Cc2ccc(OCc3nccn3C)cc2)c1. The molecule has 0 aliphatic carbocycles. The Morgan fingerprint density at radius 2 is 1.83 bits per heavy atom. The van der Waals surface area contributed by atoms with Gasteiger partial charge in [-0.3, -0.25) is 4.90 Å². The first-order chi connectivity index (χ1) is 14.5. The third-order valence-corrected chi connectivity index (χ3v) is 4.67. The zero-order chi connectivity index (χ0) is 21.3. The lowest BCUT2D eigenvalue weighted by Gasteiger charge is -2.21. The van der Waals surface area contributed by atoms with E-state index in [1.807, 2.05) is 67.3 Å². The van der Waals surface area contributed by atoms with Crippen molar-refractivity contribution in [1.82, 2.24) is 14.5 Å². The van der Waals surface area contributed by atoms with Crippen LogP contribution in [0.1, 0.15) is 11.4 Å². The van der Waals surface area contributed by atoms with Gasteiger partial charge in [-0.15, -0.1) is 0 Å². The number of nitrogens with zero attached hydrogens (tertiary/aromatic N) is 3. The highest BCUT2D eigenvalue weighted by Crippen LogP contribution is 2.19. The van der Waals surface area contributed by atoms with Gasteiger partial charge in [-0.1, -0.05) is 18.2 Å². The topological polar surface area (TPSA) is 69.0 Å². The number of hydrogen-bond acceptors (Lipinski definition) is 6. The van der Waals surface area contributed by atoms with E-state index in [1.165, 1.54) is 0 Å². The molecule has 0 bridgehead atoms. The molecule has 0 saturated carbocycles. The third-order valence-electron chi connectivity index (χ3n) is 4.67. The van der Waals surface area contributed by atoms with Crippen LogP contribution in [0.25, 0.3) is 0 Å². The Kier molecular flexibility index (Phi) is 7.70. The molecule has 0 aliphatic rings. The van der Waals surface area contributed by atoms with Crippen LogP contribution in [-0.2, 0) is 20.2 Å². The van der Waals surface area contributed by atoms with Crippen molar-refractivity contribution in [2.45, 2.75) is 19.3 Å². The van der Waals surface area contributed by atoms with Crippen LogP contribution < -0.4 is 14.2 Å². The predicted molar refractivity (Wildman–Crippen MR) is 115 cm³/mol. The maximum absolute atomic E-state index is 10.3. The van der Waals surface area contributed by atoms with E-state index in [-0.39, 0.29) is 6.61 Å². The smallest absolute Gasteiger partial charge is 0.146 e. The quantitative estimate of drug-likeness (QED) is 0.523. The van der Waals surface area contributed by atoms with Gasteiger partial charge >= 0.3 is 0 Å². The number of benzene rings is 2. The molecule has 0 aliphatic heterocycles. The molecule has 0 unspecified atom stereocenters. The van der Waals surface area contributed by atoms with Crippen LogP contribution in [-0.4, -0.2) is 53.0 Å². The second kappa shape index (κ2) is 10.7. The fourth-order valence-corrected chi connectivity index (χ4v) is 3.05. The summed E-state index contributed by atoms with van der Waals surface area (Å²) in [6.45, 7) is 1.87. The molecule has 0 amide bonds. The van der Waals surface area contributed by atoms with E-state index in [2.05, 4.69) is 9.88 Å². The number of imidazole rings is 1. The monoisotopic (exact) mass is 411 g/mol. The Morgan fingerprint density at radius 1 is 1.07 bits per heavy atom. The molecular formula is C23H29N3O4. The van der Waals surface area contributed by atoms with Crippen molar-refractivity contribution < 1.29 is 19.3 Å². The standard InChI is InChI=1S/C23H29N3O4/c1-25(15-19(27)16-29-22-6-4-5-21(13-22)28-3)14-18-7-9-20(10-8-18)30-17-23-24-11-12-26(23)2/h4-13,19,27H,14-17H2,1-3H3/t19-/m1/s1. The number of likely N-dealkylation sites (N-methyl/N-ethyl adjacent to an activating group) is 1. The van der Waals surface area contributed by atoms with Gasteiger partial charge in [0.05, 0.1) is 7.11 Å². The van der Waals surface area contributed by atoms with Gasteiger partial charge in [-0.05, 0) is 36.9 Å². The third kappa shape index (κ3) is 6.50. The number of rotatable bonds is 11. The van der Waals surface area contributed by atoms with Gasteiger partial charge in [0.25, 0.3) is 0 Å². The summed E-state index contributed by atoms with van der Waals surface area (Å²) < 4.78 is 18.6. The molecule has 1 aromatic heterocycles. The zero-order valence-electron chi connectivity index (χ0n) is 17.7. The number of hydrogen-bond donors (Lipinski definition) is 1. The summed E-state index contributed by atoms with van der Waals surface area (Å²) in [5, 5.41) is 10.3. The lowest BCUT2D eigenvalue weighted by atomic mass is 10.2. The molecule has 2 aromatic carbocycles. The highest BCUT2D eigenvalue weighted by atomic mass is 16.5. The van der Waals surface area contributed by atoms with Gasteiger partial charge < -0.3 is 23.9 Å². The second-order valence-corrected chi connectivity index (χ2v) is 7.23. The van der Waals surface area contributed by atoms with Gasteiger partial charge in [0, 0.05) is 38.6 Å². The summed E-state index contributed by atoms with van der Waals surface area (Å²) in [7, 11) is 5.53. The summed E-state index contributed by atoms with van der Waals surface area (Å²) in [5.74, 6) is 3.09. The van der Waals surface area contributed by atoms with Crippen molar-refractivity contribution in [2.24, 2.45) is 7.05 Å². The Labute approximate surface area is 177 Å². The Morgan fingerprint density at radius 3 is 2.53 bits per heavy atom. The molecule has 30 heavy (non-hydrogen) atoms. The highest BCUT2D eigenvalue weighted by molar-refractivity contribution is 5.32. The molecule has 3 aromatic rings. The molecule has 0 spiro atoms. The van der Waals surface area contributed by atoms with E-state index in [0.717, 1.165) is 29.4 Å². The lowest BCUT2D eigenvalue weighted by molar-refractivity contribution is 0.0743. The molecule has 1 atom stereocenters. The minimum atomic E-state index is -0.596. The van der Waals surface area contributed by atoms with Gasteiger partial charge in [0.15, 0.2) is 0 Å². The number of aryl methyl sites for hydroxylation is 1. The number of aliphatic hydroxyl groups excluding tert-OH is 1. The Balaban J connectivity index is 1.41. The van der Waals surface area contributed by atoms with Crippen molar-refractivity contribution in [3.05, 3.63) is 72.3 Å².